The molecule has 1 fully saturated rings. The standard InChI is InChI=1S/C28H30ClFN6O4S2/c29-23-8-6-22(7-9-23)27-26(21-4-2-1-3-5-21)20-36(33-27)28(34-42(39,40)25-12-10-24(30)11-13-25)32-16-19-41(37,38)35-17-14-31-15-18-35/h1-13,26,31H,14-20H2,(H,32,34)/t26-/m1/s1. The van der Waals surface area contributed by atoms with Crippen LogP contribution in [0, 0.1) is 5.82 Å². The average molecular weight is 633 g/mol. The molecule has 1 saturated heterocycles. The zero-order valence-corrected chi connectivity index (χ0v) is 24.9. The Morgan fingerprint density at radius 2 is 1.64 bits per heavy atom. The minimum absolute atomic E-state index is 0.139. The molecule has 0 spiro atoms. The lowest BCUT2D eigenvalue weighted by Crippen LogP contribution is -2.47. The third kappa shape index (κ3) is 7.16. The lowest BCUT2D eigenvalue weighted by Gasteiger charge is -2.26. The van der Waals surface area contributed by atoms with Crippen molar-refractivity contribution in [3.63, 3.8) is 0 Å². The van der Waals surface area contributed by atoms with E-state index < -0.39 is 25.9 Å². The van der Waals surface area contributed by atoms with Gasteiger partial charge in [0.25, 0.3) is 10.0 Å². The Morgan fingerprint density at radius 1 is 0.976 bits per heavy atom. The van der Waals surface area contributed by atoms with E-state index in [4.69, 9.17) is 16.7 Å². The van der Waals surface area contributed by atoms with E-state index in [1.165, 1.54) is 9.31 Å². The third-order valence-electron chi connectivity index (χ3n) is 6.93. The normalized spacial score (nSPS) is 18.6. The quantitative estimate of drug-likeness (QED) is 0.291. The monoisotopic (exact) mass is 632 g/mol. The molecule has 2 aliphatic rings. The largest absolute Gasteiger partial charge is 0.314 e. The van der Waals surface area contributed by atoms with E-state index in [1.807, 2.05) is 42.5 Å². The van der Waals surface area contributed by atoms with Crippen molar-refractivity contribution in [2.45, 2.75) is 10.8 Å². The van der Waals surface area contributed by atoms with E-state index >= 15 is 0 Å². The van der Waals surface area contributed by atoms with Gasteiger partial charge in [0.2, 0.25) is 16.0 Å². The summed E-state index contributed by atoms with van der Waals surface area (Å²) in [5, 5.41) is 9.87. The summed E-state index contributed by atoms with van der Waals surface area (Å²) in [6, 6.07) is 21.2. The number of hydrogen-bond donors (Lipinski definition) is 2. The first kappa shape index (κ1) is 30.1. The third-order valence-corrected chi connectivity index (χ3v) is 10.4. The molecule has 222 valence electrons. The van der Waals surface area contributed by atoms with Gasteiger partial charge in [-0.3, -0.25) is 0 Å². The van der Waals surface area contributed by atoms with Crippen LogP contribution < -0.4 is 10.0 Å². The number of benzene rings is 3. The summed E-state index contributed by atoms with van der Waals surface area (Å²) < 4.78 is 69.9. The van der Waals surface area contributed by atoms with Gasteiger partial charge in [-0.1, -0.05) is 54.1 Å². The fourth-order valence-electron chi connectivity index (χ4n) is 4.74. The van der Waals surface area contributed by atoms with E-state index in [0.29, 0.717) is 36.9 Å². The second kappa shape index (κ2) is 12.9. The van der Waals surface area contributed by atoms with Crippen molar-refractivity contribution in [2.24, 2.45) is 10.1 Å². The number of nitrogens with one attached hydrogen (secondary N) is 2. The molecule has 0 amide bonds. The summed E-state index contributed by atoms with van der Waals surface area (Å²) in [5.41, 5.74) is 2.41. The Labute approximate surface area is 250 Å². The highest BCUT2D eigenvalue weighted by Crippen LogP contribution is 2.29. The predicted octanol–water partition coefficient (Wildman–Crippen LogP) is 2.85. The molecule has 0 bridgehead atoms. The van der Waals surface area contributed by atoms with E-state index in [-0.39, 0.29) is 35.6 Å². The number of hydrazone groups is 1. The lowest BCUT2D eigenvalue weighted by molar-refractivity contribution is 0.360. The Balaban J connectivity index is 1.49. The van der Waals surface area contributed by atoms with Gasteiger partial charge < -0.3 is 5.32 Å². The fourth-order valence-corrected chi connectivity index (χ4v) is 7.21. The van der Waals surface area contributed by atoms with Crippen LogP contribution in [-0.2, 0) is 20.0 Å². The maximum Gasteiger partial charge on any atom is 0.264 e. The van der Waals surface area contributed by atoms with E-state index in [2.05, 4.69) is 15.0 Å². The van der Waals surface area contributed by atoms with Gasteiger partial charge in [-0.25, -0.2) is 35.9 Å². The Hall–Kier alpha value is -3.36. The van der Waals surface area contributed by atoms with Crippen LogP contribution >= 0.6 is 11.6 Å². The van der Waals surface area contributed by atoms with E-state index in [9.17, 15) is 21.2 Å². The van der Waals surface area contributed by atoms with Crippen LogP contribution in [0.25, 0.3) is 0 Å². The first-order valence-corrected chi connectivity index (χ1v) is 16.8. The number of piperazine rings is 1. The topological polar surface area (TPSA) is 124 Å². The van der Waals surface area contributed by atoms with Crippen molar-refractivity contribution >= 4 is 43.3 Å². The first-order chi connectivity index (χ1) is 20.1. The molecule has 0 unspecified atom stereocenters. The highest BCUT2D eigenvalue weighted by atomic mass is 35.5. The zero-order chi connectivity index (χ0) is 29.7. The molecule has 0 saturated carbocycles. The van der Waals surface area contributed by atoms with E-state index in [1.54, 1.807) is 12.1 Å². The predicted molar refractivity (Wildman–Crippen MR) is 161 cm³/mol. The van der Waals surface area contributed by atoms with Crippen LogP contribution in [0.5, 0.6) is 0 Å². The van der Waals surface area contributed by atoms with Crippen LogP contribution in [0.4, 0.5) is 4.39 Å². The number of sulfonamides is 2. The number of hydrogen-bond acceptors (Lipinski definition) is 7. The minimum Gasteiger partial charge on any atom is -0.314 e. The van der Waals surface area contributed by atoms with Gasteiger partial charge in [-0.05, 0) is 47.5 Å². The van der Waals surface area contributed by atoms with Gasteiger partial charge >= 0.3 is 0 Å². The smallest absolute Gasteiger partial charge is 0.264 e. The first-order valence-electron chi connectivity index (χ1n) is 13.3. The number of halogens is 2. The molecule has 2 N–H and O–H groups in total. The van der Waals surface area contributed by atoms with Gasteiger partial charge in [0.05, 0.1) is 29.4 Å². The summed E-state index contributed by atoms with van der Waals surface area (Å²) in [6.45, 7) is 1.86. The summed E-state index contributed by atoms with van der Waals surface area (Å²) >= 11 is 6.12. The molecular formula is C28H30ClFN6O4S2. The Morgan fingerprint density at radius 3 is 2.31 bits per heavy atom. The lowest BCUT2D eigenvalue weighted by atomic mass is 9.91. The van der Waals surface area contributed by atoms with Gasteiger partial charge in [0.1, 0.15) is 5.82 Å². The van der Waals surface area contributed by atoms with Gasteiger partial charge in [-0.15, -0.1) is 0 Å². The summed E-state index contributed by atoms with van der Waals surface area (Å²) in [6.07, 6.45) is 0. The Bertz CT molecular complexity index is 1660. The molecule has 3 aromatic rings. The van der Waals surface area contributed by atoms with Crippen molar-refractivity contribution in [3.05, 3.63) is 101 Å². The number of nitrogens with zero attached hydrogens (tertiary/aromatic N) is 4. The van der Waals surface area contributed by atoms with Crippen molar-refractivity contribution in [1.29, 1.82) is 0 Å². The molecule has 10 nitrogen and oxygen atoms in total. The van der Waals surface area contributed by atoms with Gasteiger partial charge in [-0.2, -0.15) is 9.41 Å². The molecular weight excluding hydrogens is 603 g/mol. The zero-order valence-electron chi connectivity index (χ0n) is 22.5. The van der Waals surface area contributed by atoms with Crippen molar-refractivity contribution < 1.29 is 21.2 Å². The average Bonchev–Trinajstić information content (AvgIpc) is 3.44. The van der Waals surface area contributed by atoms with Gasteiger partial charge in [0, 0.05) is 37.1 Å². The van der Waals surface area contributed by atoms with Crippen molar-refractivity contribution in [2.75, 3.05) is 45.0 Å². The highest BCUT2D eigenvalue weighted by molar-refractivity contribution is 7.90. The van der Waals surface area contributed by atoms with Crippen molar-refractivity contribution in [1.82, 2.24) is 19.4 Å². The molecule has 2 heterocycles. The van der Waals surface area contributed by atoms with Crippen LogP contribution in [0.15, 0.2) is 93.9 Å². The fraction of sp³-hybridized carbons (Fsp3) is 0.286. The molecule has 1 atom stereocenters. The number of aliphatic imine (C=N–C) groups is 1. The van der Waals surface area contributed by atoms with E-state index in [0.717, 1.165) is 35.4 Å². The van der Waals surface area contributed by atoms with Crippen LogP contribution in [0.2, 0.25) is 5.02 Å². The SMILES string of the molecule is O=S(=O)(NC(=NCCS(=O)(=O)N1CCNCC1)N1C[C@H](c2ccccc2)C(c2ccc(Cl)cc2)=N1)c1ccc(F)cc1. The molecule has 2 aliphatic heterocycles. The van der Waals surface area contributed by atoms with Crippen LogP contribution in [0.1, 0.15) is 17.0 Å². The molecule has 3 aromatic carbocycles. The second-order valence-corrected chi connectivity index (χ2v) is 14.0. The maximum atomic E-state index is 13.5. The maximum absolute atomic E-state index is 13.5. The number of rotatable bonds is 8. The van der Waals surface area contributed by atoms with Crippen molar-refractivity contribution in [3.8, 4) is 0 Å². The molecule has 0 radical (unpaired) electrons. The minimum atomic E-state index is -4.21. The second-order valence-electron chi connectivity index (χ2n) is 9.77. The summed E-state index contributed by atoms with van der Waals surface area (Å²) in [7, 11) is -7.83. The molecule has 5 rings (SSSR count). The highest BCUT2D eigenvalue weighted by Gasteiger charge is 2.33. The van der Waals surface area contributed by atoms with Gasteiger partial charge in [0.15, 0.2) is 0 Å². The molecule has 0 aromatic heterocycles. The molecule has 0 aliphatic carbocycles. The number of guanidine groups is 1. The summed E-state index contributed by atoms with van der Waals surface area (Å²) in [5.74, 6) is -1.28. The summed E-state index contributed by atoms with van der Waals surface area (Å²) in [4.78, 5) is 4.24. The Kier molecular flexibility index (Phi) is 9.23. The van der Waals surface area contributed by atoms with Crippen LogP contribution in [-0.4, -0.2) is 82.8 Å². The molecule has 14 heteroatoms. The van der Waals surface area contributed by atoms with Crippen LogP contribution in [0.3, 0.4) is 0 Å². The molecule has 42 heavy (non-hydrogen) atoms.